The molecule has 4 nitrogen and oxygen atoms in total. The number of pyridine rings is 1. The second kappa shape index (κ2) is 12.3. The van der Waals surface area contributed by atoms with Crippen molar-refractivity contribution in [3.8, 4) is 56.3 Å². The number of rotatable bonds is 5. The number of hydrogen-bond acceptors (Lipinski definition) is 5. The Morgan fingerprint density at radius 1 is 0.426 bits per heavy atom. The number of fused-ring (bicyclic) bond motifs is 8. The summed E-state index contributed by atoms with van der Waals surface area (Å²) < 4.78 is 9.15. The van der Waals surface area contributed by atoms with Crippen molar-refractivity contribution >= 4 is 64.4 Å². The van der Waals surface area contributed by atoms with E-state index in [-0.39, 0.29) is 0 Å². The van der Waals surface area contributed by atoms with E-state index in [4.69, 9.17) is 19.4 Å². The minimum atomic E-state index is 0.639. The zero-order chi connectivity index (χ0) is 35.6. The van der Waals surface area contributed by atoms with Crippen LogP contribution in [0.1, 0.15) is 0 Å². The fourth-order valence-corrected chi connectivity index (χ4v) is 8.92. The number of nitrogens with zero attached hydrogens (tertiary/aromatic N) is 3. The molecule has 0 spiro atoms. The van der Waals surface area contributed by atoms with Gasteiger partial charge in [-0.3, -0.25) is 0 Å². The van der Waals surface area contributed by atoms with Gasteiger partial charge in [0.2, 0.25) is 0 Å². The quantitative estimate of drug-likeness (QED) is 0.179. The number of aromatic nitrogens is 3. The molecule has 0 fully saturated rings. The fraction of sp³-hybridized carbons (Fsp3) is 0. The van der Waals surface area contributed by atoms with Gasteiger partial charge in [0, 0.05) is 53.2 Å². The molecule has 0 aliphatic carbocycles. The third-order valence-electron chi connectivity index (χ3n) is 10.3. The lowest BCUT2D eigenvalue weighted by Gasteiger charge is -2.11. The topological polar surface area (TPSA) is 51.8 Å². The highest BCUT2D eigenvalue weighted by molar-refractivity contribution is 7.26. The van der Waals surface area contributed by atoms with Gasteiger partial charge in [-0.1, -0.05) is 146 Å². The van der Waals surface area contributed by atoms with E-state index in [9.17, 15) is 0 Å². The highest BCUT2D eigenvalue weighted by Crippen LogP contribution is 2.42. The SMILES string of the molecule is c1ccc(-c2cc(-c3ccc(-c4cccc5c4sc4ccccc45)cc3)nc(-c3ccc4c(c3)nc(-c3ccccc3)c3c5ccccc5oc43)n2)cc1. The van der Waals surface area contributed by atoms with Gasteiger partial charge in [-0.2, -0.15) is 0 Å². The van der Waals surface area contributed by atoms with E-state index in [1.54, 1.807) is 0 Å². The number of hydrogen-bond donors (Lipinski definition) is 0. The van der Waals surface area contributed by atoms with Gasteiger partial charge in [0.15, 0.2) is 5.82 Å². The fourth-order valence-electron chi connectivity index (χ4n) is 7.68. The molecule has 0 atom stereocenters. The van der Waals surface area contributed by atoms with Crippen LogP contribution < -0.4 is 0 Å². The molecular formula is C49H29N3OS. The van der Waals surface area contributed by atoms with Gasteiger partial charge >= 0.3 is 0 Å². The molecule has 0 N–H and O–H groups in total. The monoisotopic (exact) mass is 707 g/mol. The number of benzene rings is 7. The summed E-state index contributed by atoms with van der Waals surface area (Å²) in [7, 11) is 0. The van der Waals surface area contributed by atoms with Gasteiger partial charge in [-0.15, -0.1) is 11.3 Å². The van der Waals surface area contributed by atoms with E-state index in [0.717, 1.165) is 72.2 Å². The molecule has 7 aromatic carbocycles. The molecule has 0 bridgehead atoms. The highest BCUT2D eigenvalue weighted by atomic mass is 32.1. The Morgan fingerprint density at radius 2 is 1.06 bits per heavy atom. The predicted molar refractivity (Wildman–Crippen MR) is 225 cm³/mol. The van der Waals surface area contributed by atoms with Crippen LogP contribution in [0.3, 0.4) is 0 Å². The van der Waals surface area contributed by atoms with Gasteiger partial charge < -0.3 is 4.42 Å². The molecule has 0 radical (unpaired) electrons. The van der Waals surface area contributed by atoms with Gasteiger partial charge in [0.05, 0.1) is 28.0 Å². The summed E-state index contributed by atoms with van der Waals surface area (Å²) in [5.41, 5.74) is 11.5. The van der Waals surface area contributed by atoms with Crippen molar-refractivity contribution in [2.24, 2.45) is 0 Å². The zero-order valence-corrected chi connectivity index (χ0v) is 29.7. The summed E-state index contributed by atoms with van der Waals surface area (Å²) in [6.07, 6.45) is 0. The van der Waals surface area contributed by atoms with E-state index in [1.807, 2.05) is 65.9 Å². The van der Waals surface area contributed by atoms with Crippen molar-refractivity contribution < 1.29 is 4.42 Å². The number of para-hydroxylation sites is 1. The molecule has 11 rings (SSSR count). The molecule has 0 aliphatic rings. The minimum absolute atomic E-state index is 0.639. The maximum atomic E-state index is 6.54. The van der Waals surface area contributed by atoms with Crippen molar-refractivity contribution in [3.63, 3.8) is 0 Å². The van der Waals surface area contributed by atoms with E-state index in [0.29, 0.717) is 5.82 Å². The third-order valence-corrected chi connectivity index (χ3v) is 11.5. The Labute approximate surface area is 314 Å². The van der Waals surface area contributed by atoms with Crippen molar-refractivity contribution in [1.29, 1.82) is 0 Å². The van der Waals surface area contributed by atoms with Crippen LogP contribution in [0.4, 0.5) is 0 Å². The Kier molecular flexibility index (Phi) is 7.00. The average molecular weight is 708 g/mol. The number of thiophene rings is 1. The summed E-state index contributed by atoms with van der Waals surface area (Å²) in [4.78, 5) is 15.7. The minimum Gasteiger partial charge on any atom is -0.455 e. The third kappa shape index (κ3) is 5.01. The molecule has 0 saturated heterocycles. The smallest absolute Gasteiger partial charge is 0.160 e. The first-order valence-electron chi connectivity index (χ1n) is 18.0. The molecule has 4 aromatic heterocycles. The molecular weight excluding hydrogens is 679 g/mol. The Bertz CT molecular complexity index is 3200. The molecule has 5 heteroatoms. The van der Waals surface area contributed by atoms with Crippen LogP contribution in [0.2, 0.25) is 0 Å². The summed E-state index contributed by atoms with van der Waals surface area (Å²) in [5.74, 6) is 0.639. The van der Waals surface area contributed by atoms with E-state index >= 15 is 0 Å². The Hall–Kier alpha value is -6.95. The first-order valence-corrected chi connectivity index (χ1v) is 18.8. The van der Waals surface area contributed by atoms with Crippen LogP contribution in [-0.2, 0) is 0 Å². The summed E-state index contributed by atoms with van der Waals surface area (Å²) in [6, 6.07) is 61.2. The maximum absolute atomic E-state index is 6.54. The molecule has 0 saturated carbocycles. The molecule has 54 heavy (non-hydrogen) atoms. The van der Waals surface area contributed by atoms with Crippen molar-refractivity contribution in [1.82, 2.24) is 15.0 Å². The van der Waals surface area contributed by atoms with Crippen molar-refractivity contribution in [2.45, 2.75) is 0 Å². The summed E-state index contributed by atoms with van der Waals surface area (Å²) in [6.45, 7) is 0. The van der Waals surface area contributed by atoms with E-state index in [1.165, 1.54) is 31.3 Å². The Morgan fingerprint density at radius 3 is 1.85 bits per heavy atom. The number of furan rings is 1. The second-order valence-corrected chi connectivity index (χ2v) is 14.6. The zero-order valence-electron chi connectivity index (χ0n) is 28.9. The van der Waals surface area contributed by atoms with Crippen LogP contribution in [0.15, 0.2) is 180 Å². The lowest BCUT2D eigenvalue weighted by Crippen LogP contribution is -1.96. The van der Waals surface area contributed by atoms with E-state index in [2.05, 4.69) is 121 Å². The van der Waals surface area contributed by atoms with Gasteiger partial charge in [-0.25, -0.2) is 15.0 Å². The lowest BCUT2D eigenvalue weighted by atomic mass is 10.00. The Balaban J connectivity index is 1.06. The van der Waals surface area contributed by atoms with Crippen LogP contribution >= 0.6 is 11.3 Å². The van der Waals surface area contributed by atoms with Crippen LogP contribution in [0.5, 0.6) is 0 Å². The standard InChI is InChI=1S/C49H29N3OS/c1-3-12-31(13-4-1)40-29-41(32-24-22-30(23-25-32)35-18-11-19-37-36-16-8-10-21-44(36)54-48(35)37)52-49(51-40)34-26-27-38-42(28-34)50-46(33-14-5-2-6-15-33)45-39-17-7-9-20-43(39)53-47(38)45/h1-29H. The van der Waals surface area contributed by atoms with Crippen LogP contribution in [0, 0.1) is 0 Å². The van der Waals surface area contributed by atoms with Gasteiger partial charge in [-0.05, 0) is 41.5 Å². The summed E-state index contributed by atoms with van der Waals surface area (Å²) >= 11 is 1.85. The largest absolute Gasteiger partial charge is 0.455 e. The summed E-state index contributed by atoms with van der Waals surface area (Å²) in [5, 5.41) is 5.63. The first-order chi connectivity index (χ1) is 26.7. The molecule has 11 aromatic rings. The van der Waals surface area contributed by atoms with Gasteiger partial charge in [0.1, 0.15) is 11.2 Å². The van der Waals surface area contributed by atoms with Crippen LogP contribution in [-0.4, -0.2) is 15.0 Å². The normalized spacial score (nSPS) is 11.7. The second-order valence-electron chi connectivity index (χ2n) is 13.5. The predicted octanol–water partition coefficient (Wildman–Crippen LogP) is 13.6. The highest BCUT2D eigenvalue weighted by Gasteiger charge is 2.19. The maximum Gasteiger partial charge on any atom is 0.160 e. The van der Waals surface area contributed by atoms with Crippen molar-refractivity contribution in [3.05, 3.63) is 176 Å². The molecule has 0 aliphatic heterocycles. The first kappa shape index (κ1) is 30.7. The molecule has 252 valence electrons. The van der Waals surface area contributed by atoms with Gasteiger partial charge in [0.25, 0.3) is 0 Å². The lowest BCUT2D eigenvalue weighted by molar-refractivity contribution is 0.672. The molecule has 4 heterocycles. The van der Waals surface area contributed by atoms with Crippen molar-refractivity contribution in [2.75, 3.05) is 0 Å². The molecule has 0 unspecified atom stereocenters. The molecule has 0 amide bonds. The average Bonchev–Trinajstić information content (AvgIpc) is 3.83. The van der Waals surface area contributed by atoms with E-state index < -0.39 is 0 Å². The van der Waals surface area contributed by atoms with Crippen LogP contribution in [0.25, 0.3) is 109 Å².